The van der Waals surface area contributed by atoms with E-state index in [1.165, 1.54) is 0 Å². The van der Waals surface area contributed by atoms with Crippen LogP contribution in [0.4, 0.5) is 4.79 Å². The Hall–Kier alpha value is -1.26. The van der Waals surface area contributed by atoms with Crippen LogP contribution in [0.2, 0.25) is 0 Å². The normalized spacial score (nSPS) is 22.5. The van der Waals surface area contributed by atoms with Crippen molar-refractivity contribution in [1.82, 2.24) is 5.32 Å². The average molecular weight is 271 g/mol. The van der Waals surface area contributed by atoms with Crippen LogP contribution in [0.15, 0.2) is 0 Å². The van der Waals surface area contributed by atoms with Crippen molar-refractivity contribution in [3.63, 3.8) is 0 Å². The molecule has 1 fully saturated rings. The van der Waals surface area contributed by atoms with Crippen molar-refractivity contribution in [1.29, 1.82) is 0 Å². The van der Waals surface area contributed by atoms with E-state index < -0.39 is 23.7 Å². The molecule has 0 saturated heterocycles. The fourth-order valence-electron chi connectivity index (χ4n) is 2.80. The molecule has 1 saturated carbocycles. The van der Waals surface area contributed by atoms with Gasteiger partial charge in [-0.25, -0.2) is 9.59 Å². The van der Waals surface area contributed by atoms with Crippen LogP contribution in [0.5, 0.6) is 0 Å². The number of carbonyl (C=O) groups excluding carboxylic acids is 1. The molecule has 0 radical (unpaired) electrons. The van der Waals surface area contributed by atoms with E-state index in [0.29, 0.717) is 0 Å². The van der Waals surface area contributed by atoms with Crippen LogP contribution < -0.4 is 5.32 Å². The molecule has 1 atom stereocenters. The molecule has 1 rings (SSSR count). The lowest BCUT2D eigenvalue weighted by molar-refractivity contribution is -0.140. The highest BCUT2D eigenvalue weighted by atomic mass is 16.6. The van der Waals surface area contributed by atoms with E-state index in [1.54, 1.807) is 20.8 Å². The molecule has 0 bridgehead atoms. The summed E-state index contributed by atoms with van der Waals surface area (Å²) in [4.78, 5) is 23.1. The van der Waals surface area contributed by atoms with Crippen molar-refractivity contribution in [2.75, 3.05) is 0 Å². The molecule has 0 aliphatic heterocycles. The van der Waals surface area contributed by atoms with Gasteiger partial charge in [-0.1, -0.05) is 27.7 Å². The Morgan fingerprint density at radius 1 is 1.16 bits per heavy atom. The highest BCUT2D eigenvalue weighted by Crippen LogP contribution is 2.69. The molecule has 2 N–H and O–H groups in total. The third-order valence-electron chi connectivity index (χ3n) is 4.40. The minimum Gasteiger partial charge on any atom is -0.480 e. The van der Waals surface area contributed by atoms with Gasteiger partial charge in [-0.2, -0.15) is 0 Å². The Morgan fingerprint density at radius 2 is 1.58 bits per heavy atom. The molecular weight excluding hydrogens is 246 g/mol. The number of hydrogen-bond acceptors (Lipinski definition) is 3. The van der Waals surface area contributed by atoms with Crippen LogP contribution in [-0.2, 0) is 9.53 Å². The van der Waals surface area contributed by atoms with Crippen molar-refractivity contribution in [3.8, 4) is 0 Å². The van der Waals surface area contributed by atoms with Crippen molar-refractivity contribution in [3.05, 3.63) is 0 Å². The first-order valence-corrected chi connectivity index (χ1v) is 6.53. The summed E-state index contributed by atoms with van der Waals surface area (Å²) >= 11 is 0. The quantitative estimate of drug-likeness (QED) is 0.827. The highest BCUT2D eigenvalue weighted by Gasteiger charge is 2.69. The van der Waals surface area contributed by atoms with E-state index in [-0.39, 0.29) is 16.7 Å². The molecule has 0 heterocycles. The van der Waals surface area contributed by atoms with Gasteiger partial charge in [-0.3, -0.25) is 0 Å². The maximum atomic E-state index is 11.7. The van der Waals surface area contributed by atoms with Crippen LogP contribution in [0.25, 0.3) is 0 Å². The van der Waals surface area contributed by atoms with Gasteiger partial charge in [-0.05, 0) is 31.6 Å². The molecule has 0 aromatic rings. The molecule has 1 aliphatic carbocycles. The molecule has 5 heteroatoms. The number of carbonyl (C=O) groups is 2. The minimum absolute atomic E-state index is 0.106. The number of alkyl carbamates (subject to hydrolysis) is 1. The lowest BCUT2D eigenvalue weighted by atomic mass is 10.0. The first-order valence-electron chi connectivity index (χ1n) is 6.53. The Labute approximate surface area is 114 Å². The van der Waals surface area contributed by atoms with E-state index in [9.17, 15) is 14.7 Å². The number of hydrogen-bond donors (Lipinski definition) is 2. The standard InChI is InChI=1S/C14H25NO4/c1-12(2,3)19-11(18)15-8(10(16)17)9-13(4,5)14(9,6)7/h8-9H,1-7H3,(H,15,18)(H,16,17). The van der Waals surface area contributed by atoms with Crippen molar-refractivity contribution in [2.24, 2.45) is 16.7 Å². The van der Waals surface area contributed by atoms with Gasteiger partial charge < -0.3 is 15.2 Å². The SMILES string of the molecule is CC(C)(C)OC(=O)NC(C(=O)O)C1C(C)(C)C1(C)C. The average Bonchev–Trinajstić information content (AvgIpc) is 2.50. The monoisotopic (exact) mass is 271 g/mol. The lowest BCUT2D eigenvalue weighted by Gasteiger charge is -2.22. The predicted octanol–water partition coefficient (Wildman–Crippen LogP) is 2.65. The topological polar surface area (TPSA) is 75.6 Å². The molecule has 1 amide bonds. The maximum Gasteiger partial charge on any atom is 0.408 e. The third-order valence-corrected chi connectivity index (χ3v) is 4.40. The number of carboxylic acid groups (broad SMARTS) is 1. The van der Waals surface area contributed by atoms with Crippen LogP contribution in [0.1, 0.15) is 48.5 Å². The summed E-state index contributed by atoms with van der Waals surface area (Å²) in [6, 6.07) is -0.917. The zero-order valence-electron chi connectivity index (χ0n) is 12.8. The summed E-state index contributed by atoms with van der Waals surface area (Å²) < 4.78 is 5.12. The van der Waals surface area contributed by atoms with Gasteiger partial charge in [0.25, 0.3) is 0 Å². The molecule has 0 aromatic carbocycles. The molecule has 0 aromatic heterocycles. The third kappa shape index (κ3) is 3.01. The molecule has 0 spiro atoms. The van der Waals surface area contributed by atoms with Crippen LogP contribution in [0, 0.1) is 16.7 Å². The smallest absolute Gasteiger partial charge is 0.408 e. The minimum atomic E-state index is -1.02. The summed E-state index contributed by atoms with van der Waals surface area (Å²) in [6.07, 6.45) is -0.682. The zero-order chi connectivity index (χ0) is 15.2. The van der Waals surface area contributed by atoms with Gasteiger partial charge in [0.05, 0.1) is 0 Å². The van der Waals surface area contributed by atoms with Gasteiger partial charge in [0.15, 0.2) is 0 Å². The van der Waals surface area contributed by atoms with Crippen LogP contribution in [0.3, 0.4) is 0 Å². The zero-order valence-corrected chi connectivity index (χ0v) is 12.8. The summed E-state index contributed by atoms with van der Waals surface area (Å²) in [6.45, 7) is 13.3. The van der Waals surface area contributed by atoms with E-state index in [2.05, 4.69) is 5.32 Å². The molecule has 19 heavy (non-hydrogen) atoms. The highest BCUT2D eigenvalue weighted by molar-refractivity contribution is 5.81. The van der Waals surface area contributed by atoms with E-state index in [1.807, 2.05) is 27.7 Å². The van der Waals surface area contributed by atoms with Crippen LogP contribution >= 0.6 is 0 Å². The first-order chi connectivity index (χ1) is 8.30. The number of rotatable bonds is 3. The summed E-state index contributed by atoms with van der Waals surface area (Å²) in [5.41, 5.74) is -0.877. The number of carboxylic acids is 1. The van der Waals surface area contributed by atoms with Crippen LogP contribution in [-0.4, -0.2) is 28.8 Å². The van der Waals surface area contributed by atoms with Gasteiger partial charge in [0.1, 0.15) is 11.6 Å². The Morgan fingerprint density at radius 3 is 1.84 bits per heavy atom. The van der Waals surface area contributed by atoms with Crippen molar-refractivity contribution < 1.29 is 19.4 Å². The largest absolute Gasteiger partial charge is 0.480 e. The first kappa shape index (κ1) is 15.8. The molecule has 5 nitrogen and oxygen atoms in total. The van der Waals surface area contributed by atoms with E-state index in [0.717, 1.165) is 0 Å². The van der Waals surface area contributed by atoms with Gasteiger partial charge in [0, 0.05) is 5.92 Å². The summed E-state index contributed by atoms with van der Waals surface area (Å²) in [7, 11) is 0. The molecule has 110 valence electrons. The number of ether oxygens (including phenoxy) is 1. The van der Waals surface area contributed by atoms with Gasteiger partial charge in [0.2, 0.25) is 0 Å². The van der Waals surface area contributed by atoms with Crippen molar-refractivity contribution >= 4 is 12.1 Å². The maximum absolute atomic E-state index is 11.7. The Kier molecular flexibility index (Phi) is 3.65. The summed E-state index contributed by atoms with van der Waals surface area (Å²) in [5.74, 6) is -1.13. The van der Waals surface area contributed by atoms with Gasteiger partial charge in [-0.15, -0.1) is 0 Å². The molecule has 1 unspecified atom stereocenters. The second-order valence-electron chi connectivity index (χ2n) is 7.38. The predicted molar refractivity (Wildman–Crippen MR) is 71.8 cm³/mol. The lowest BCUT2D eigenvalue weighted by Crippen LogP contribution is -2.46. The fraction of sp³-hybridized carbons (Fsp3) is 0.857. The Balaban J connectivity index is 2.78. The second-order valence-corrected chi connectivity index (χ2v) is 7.38. The molecular formula is C14H25NO4. The summed E-state index contributed by atoms with van der Waals surface area (Å²) in [5, 5.41) is 11.8. The fourth-order valence-corrected chi connectivity index (χ4v) is 2.80. The number of amides is 1. The number of aliphatic carboxylic acids is 1. The van der Waals surface area contributed by atoms with E-state index >= 15 is 0 Å². The number of nitrogens with one attached hydrogen (secondary N) is 1. The van der Waals surface area contributed by atoms with E-state index in [4.69, 9.17) is 4.74 Å². The molecule has 1 aliphatic rings. The second kappa shape index (κ2) is 4.39. The Bertz CT molecular complexity index is 379. The van der Waals surface area contributed by atoms with Gasteiger partial charge >= 0.3 is 12.1 Å². The van der Waals surface area contributed by atoms with Crippen molar-refractivity contribution in [2.45, 2.75) is 60.1 Å².